The zero-order chi connectivity index (χ0) is 51.7. The van der Waals surface area contributed by atoms with Crippen LogP contribution in [-0.4, -0.2) is 22.6 Å². The van der Waals surface area contributed by atoms with Crippen LogP contribution in [0.3, 0.4) is 0 Å². The van der Waals surface area contributed by atoms with Crippen LogP contribution in [-0.2, 0) is 0 Å². The Hall–Kier alpha value is -9.25. The first-order valence-corrected chi connectivity index (χ1v) is 27.7. The van der Waals surface area contributed by atoms with E-state index in [9.17, 15) is 0 Å². The molecule has 0 radical (unpaired) electrons. The molecule has 6 heteroatoms. The van der Waals surface area contributed by atoms with Crippen LogP contribution in [0.25, 0.3) is 99.5 Å². The molecular weight excluding hydrogens is 946 g/mol. The largest absolute Gasteiger partial charge is 0.456 e. The molecule has 6 heterocycles. The number of hydrogen-bond acceptors (Lipinski definition) is 2. The van der Waals surface area contributed by atoms with Gasteiger partial charge in [-0.2, -0.15) is 0 Å². The monoisotopic (exact) mass is 996 g/mol. The predicted molar refractivity (Wildman–Crippen MR) is 327 cm³/mol. The van der Waals surface area contributed by atoms with E-state index < -0.39 is 0 Å². The van der Waals surface area contributed by atoms with Gasteiger partial charge < -0.3 is 18.6 Å². The molecule has 0 aliphatic carbocycles. The van der Waals surface area contributed by atoms with E-state index in [1.54, 1.807) is 0 Å². The van der Waals surface area contributed by atoms with E-state index in [4.69, 9.17) is 9.47 Å². The lowest BCUT2D eigenvalue weighted by atomic mass is 9.31. The maximum Gasteiger partial charge on any atom is 0.256 e. The van der Waals surface area contributed by atoms with Crippen LogP contribution in [0.4, 0.5) is 0 Å². The van der Waals surface area contributed by atoms with E-state index in [1.807, 2.05) is 0 Å². The zero-order valence-corrected chi connectivity index (χ0v) is 43.8. The Morgan fingerprint density at radius 2 is 0.679 bits per heavy atom. The summed E-state index contributed by atoms with van der Waals surface area (Å²) >= 11 is 0. The molecule has 0 unspecified atom stereocenters. The lowest BCUT2D eigenvalue weighted by Crippen LogP contribution is -2.63. The van der Waals surface area contributed by atoms with Crippen molar-refractivity contribution in [3.63, 3.8) is 0 Å². The Balaban J connectivity index is 1.08. The molecule has 4 aliphatic rings. The van der Waals surface area contributed by atoms with Crippen LogP contribution >= 0.6 is 0 Å². The van der Waals surface area contributed by atoms with E-state index in [1.165, 1.54) is 110 Å². The van der Waals surface area contributed by atoms with E-state index in [-0.39, 0.29) is 13.4 Å². The Kier molecular flexibility index (Phi) is 9.09. The highest BCUT2D eigenvalue weighted by molar-refractivity contribution is 7.02. The Morgan fingerprint density at radius 1 is 0.321 bits per heavy atom. The molecule has 0 bridgehead atoms. The molecule has 366 valence electrons. The second-order valence-electron chi connectivity index (χ2n) is 22.7. The van der Waals surface area contributed by atoms with Crippen molar-refractivity contribution in [1.82, 2.24) is 9.13 Å². The number of nitrogens with zero attached hydrogens (tertiary/aromatic N) is 2. The van der Waals surface area contributed by atoms with Crippen molar-refractivity contribution in [3.8, 4) is 78.9 Å². The summed E-state index contributed by atoms with van der Waals surface area (Å²) in [6, 6.07) is 81.5. The Morgan fingerprint density at radius 3 is 1.05 bits per heavy atom. The summed E-state index contributed by atoms with van der Waals surface area (Å²) in [6.07, 6.45) is 0. The third-order valence-corrected chi connectivity index (χ3v) is 17.7. The number of ether oxygens (including phenoxy) is 2. The third kappa shape index (κ3) is 6.03. The van der Waals surface area contributed by atoms with Gasteiger partial charge in [-0.3, -0.25) is 0 Å². The van der Waals surface area contributed by atoms with Gasteiger partial charge in [0, 0.05) is 43.5 Å². The molecule has 0 saturated carbocycles. The summed E-state index contributed by atoms with van der Waals surface area (Å²) in [6.45, 7) is 8.81. The van der Waals surface area contributed by atoms with Gasteiger partial charge in [0.05, 0.1) is 22.4 Å². The van der Waals surface area contributed by atoms with Crippen molar-refractivity contribution in [2.24, 2.45) is 0 Å². The quantitative estimate of drug-likeness (QED) is 0.155. The number of aromatic nitrogens is 2. The fourth-order valence-corrected chi connectivity index (χ4v) is 14.0. The van der Waals surface area contributed by atoms with Crippen molar-refractivity contribution >= 4 is 89.8 Å². The molecule has 0 N–H and O–H groups in total. The molecule has 13 aromatic rings. The van der Waals surface area contributed by atoms with E-state index >= 15 is 0 Å². The summed E-state index contributed by atoms with van der Waals surface area (Å²) < 4.78 is 20.8. The smallest absolute Gasteiger partial charge is 0.256 e. The molecule has 0 spiro atoms. The number of hydrogen-bond donors (Lipinski definition) is 0. The average Bonchev–Trinajstić information content (AvgIpc) is 4.11. The van der Waals surface area contributed by atoms with Gasteiger partial charge in [-0.25, -0.2) is 0 Å². The van der Waals surface area contributed by atoms with Crippen molar-refractivity contribution < 1.29 is 9.47 Å². The highest BCUT2D eigenvalue weighted by Crippen LogP contribution is 2.50. The number of fused-ring (bicyclic) bond motifs is 16. The standard InChI is InChI=1S/C72H50B2N2O2/c1-41(2)47-27-31-63-57(37-47)73-59-39-51(45-21-13-7-14-22-45)35-55-53-33-49(43-17-9-5-10-18-43)25-29-61(53)75(67(55)59)69-65(73)71(77-63)70-66-72(69)78-64-32-28-48(42(3)4)38-58(64)74(66)60-40-52(46-23-15-8-16-24-46)36-56-54-34-50(44-19-11-6-12-20-44)26-30-62(54)76(70)68(56)60/h5-42H,1-4H3. The highest BCUT2D eigenvalue weighted by atomic mass is 16.5. The minimum atomic E-state index is -0.189. The van der Waals surface area contributed by atoms with Gasteiger partial charge in [-0.05, 0) is 138 Å². The molecule has 78 heavy (non-hydrogen) atoms. The Labute approximate surface area is 453 Å². The molecule has 0 saturated heterocycles. The second-order valence-corrected chi connectivity index (χ2v) is 22.7. The van der Waals surface area contributed by atoms with Crippen molar-refractivity contribution in [2.45, 2.75) is 39.5 Å². The molecule has 11 aromatic carbocycles. The Bertz CT molecular complexity index is 4430. The van der Waals surface area contributed by atoms with Crippen LogP contribution in [0.5, 0.6) is 23.0 Å². The lowest BCUT2D eigenvalue weighted by molar-refractivity contribution is 0.472. The zero-order valence-electron chi connectivity index (χ0n) is 43.8. The maximum atomic E-state index is 7.83. The first-order chi connectivity index (χ1) is 38.3. The van der Waals surface area contributed by atoms with Crippen LogP contribution in [0.15, 0.2) is 218 Å². The molecule has 0 amide bonds. The SMILES string of the molecule is CC(C)c1ccc2c(c1)B1c3c(c4c5c(c3-n3c6ccc(-c7ccccc7)cc6c6cc(-c7ccccc7)cc1c63)Oc1ccc(C(C)C)cc1B5c1cc(-c3ccccc3)cc3c5cc(-c6ccccc6)ccc5n-4c13)O2. The fraction of sp³-hybridized carbons (Fsp3) is 0.0833. The molecular formula is C72H50B2N2O2. The molecule has 0 atom stereocenters. The summed E-state index contributed by atoms with van der Waals surface area (Å²) in [4.78, 5) is 0. The summed E-state index contributed by atoms with van der Waals surface area (Å²) in [7, 11) is 0. The van der Waals surface area contributed by atoms with Crippen LogP contribution < -0.4 is 42.3 Å². The van der Waals surface area contributed by atoms with Crippen LogP contribution in [0, 0.1) is 0 Å². The molecule has 4 nitrogen and oxygen atoms in total. The van der Waals surface area contributed by atoms with Crippen molar-refractivity contribution in [1.29, 1.82) is 0 Å². The van der Waals surface area contributed by atoms with Crippen molar-refractivity contribution in [3.05, 3.63) is 230 Å². The van der Waals surface area contributed by atoms with Crippen molar-refractivity contribution in [2.75, 3.05) is 0 Å². The van der Waals surface area contributed by atoms with Gasteiger partial charge in [0.25, 0.3) is 13.4 Å². The molecule has 4 aliphatic heterocycles. The van der Waals surface area contributed by atoms with Crippen LogP contribution in [0.2, 0.25) is 0 Å². The number of benzene rings is 11. The summed E-state index contributed by atoms with van der Waals surface area (Å²) in [5.41, 5.74) is 26.1. The minimum Gasteiger partial charge on any atom is -0.456 e. The predicted octanol–water partition coefficient (Wildman–Crippen LogP) is 14.7. The molecule has 0 fully saturated rings. The summed E-state index contributed by atoms with van der Waals surface area (Å²) in [5, 5.41) is 4.87. The first-order valence-electron chi connectivity index (χ1n) is 27.7. The normalized spacial score (nSPS) is 13.3. The fourth-order valence-electron chi connectivity index (χ4n) is 14.0. The third-order valence-electron chi connectivity index (χ3n) is 17.7. The average molecular weight is 997 g/mol. The molecule has 17 rings (SSSR count). The van der Waals surface area contributed by atoms with Gasteiger partial charge >= 0.3 is 0 Å². The first kappa shape index (κ1) is 43.9. The van der Waals surface area contributed by atoms with Gasteiger partial charge in [-0.15, -0.1) is 0 Å². The van der Waals surface area contributed by atoms with Gasteiger partial charge in [0.15, 0.2) is 0 Å². The van der Waals surface area contributed by atoms with Crippen LogP contribution in [0.1, 0.15) is 50.7 Å². The maximum absolute atomic E-state index is 7.83. The van der Waals surface area contributed by atoms with E-state index in [0.29, 0.717) is 11.8 Å². The number of rotatable bonds is 6. The molecule has 2 aromatic heterocycles. The second kappa shape index (κ2) is 16.1. The topological polar surface area (TPSA) is 28.3 Å². The van der Waals surface area contributed by atoms with E-state index in [0.717, 1.165) is 56.3 Å². The van der Waals surface area contributed by atoms with E-state index in [2.05, 4.69) is 255 Å². The van der Waals surface area contributed by atoms with Gasteiger partial charge in [0.1, 0.15) is 23.0 Å². The highest BCUT2D eigenvalue weighted by Gasteiger charge is 2.51. The van der Waals surface area contributed by atoms with Gasteiger partial charge in [0.2, 0.25) is 0 Å². The van der Waals surface area contributed by atoms with Gasteiger partial charge in [-0.1, -0.05) is 198 Å². The minimum absolute atomic E-state index is 0.189. The lowest BCUT2D eigenvalue weighted by Gasteiger charge is -2.41. The summed E-state index contributed by atoms with van der Waals surface area (Å²) in [5.74, 6) is 4.22.